The molecule has 7 heteroatoms. The van der Waals surface area contributed by atoms with Crippen LogP contribution in [0, 0.1) is 30.6 Å². The van der Waals surface area contributed by atoms with Gasteiger partial charge >= 0.3 is 11.9 Å². The first-order chi connectivity index (χ1) is 11.9. The zero-order valence-electron chi connectivity index (χ0n) is 13.7. The smallest absolute Gasteiger partial charge is 0.310 e. The summed E-state index contributed by atoms with van der Waals surface area (Å²) in [6.07, 6.45) is 1.55. The highest BCUT2D eigenvalue weighted by molar-refractivity contribution is 9.10. The number of amides is 1. The van der Waals surface area contributed by atoms with Crippen molar-refractivity contribution >= 4 is 39.5 Å². The van der Waals surface area contributed by atoms with Gasteiger partial charge in [-0.1, -0.05) is 15.9 Å². The SMILES string of the molecule is Cc1cc(NC(=O)COC(=O)[C@@H]2[C@@H]3C[C@H]4[C@@H]2C(=O)O[C@@H]4C3)ccc1Br. The van der Waals surface area contributed by atoms with Gasteiger partial charge in [0.1, 0.15) is 6.10 Å². The van der Waals surface area contributed by atoms with Crippen molar-refractivity contribution in [1.29, 1.82) is 0 Å². The highest BCUT2D eigenvalue weighted by atomic mass is 79.9. The molecule has 1 saturated heterocycles. The van der Waals surface area contributed by atoms with Crippen molar-refractivity contribution in [3.63, 3.8) is 0 Å². The second-order valence-corrected chi connectivity index (χ2v) is 7.90. The number of anilines is 1. The predicted molar refractivity (Wildman–Crippen MR) is 91.5 cm³/mol. The van der Waals surface area contributed by atoms with Crippen molar-refractivity contribution in [3.05, 3.63) is 28.2 Å². The molecule has 2 saturated carbocycles. The summed E-state index contributed by atoms with van der Waals surface area (Å²) in [5.41, 5.74) is 1.63. The van der Waals surface area contributed by atoms with E-state index >= 15 is 0 Å². The number of esters is 2. The number of hydrogen-bond donors (Lipinski definition) is 1. The standard InChI is InChI=1S/C18H18BrNO5/c1-8-4-10(2-3-12(8)19)20-14(21)7-24-17(22)15-9-5-11-13(6-9)25-18(23)16(11)15/h2-4,9,11,13,15-16H,5-7H2,1H3,(H,20,21)/t9-,11-,13-,15-,16+/m1/s1. The zero-order valence-corrected chi connectivity index (χ0v) is 15.2. The van der Waals surface area contributed by atoms with Crippen LogP contribution in [0.4, 0.5) is 5.69 Å². The highest BCUT2D eigenvalue weighted by Gasteiger charge is 2.64. The Bertz CT molecular complexity index is 762. The summed E-state index contributed by atoms with van der Waals surface area (Å²) in [6, 6.07) is 5.43. The third-order valence-electron chi connectivity index (χ3n) is 5.54. The minimum atomic E-state index is -0.461. The molecule has 1 N–H and O–H groups in total. The summed E-state index contributed by atoms with van der Waals surface area (Å²) < 4.78 is 11.5. The van der Waals surface area contributed by atoms with Gasteiger partial charge in [0.25, 0.3) is 5.91 Å². The van der Waals surface area contributed by atoms with E-state index in [2.05, 4.69) is 21.2 Å². The van der Waals surface area contributed by atoms with Gasteiger partial charge in [0, 0.05) is 16.1 Å². The zero-order chi connectivity index (χ0) is 17.7. The first-order valence-electron chi connectivity index (χ1n) is 8.37. The first kappa shape index (κ1) is 16.6. The molecule has 0 aromatic heterocycles. The predicted octanol–water partition coefficient (Wildman–Crippen LogP) is 2.44. The fraction of sp³-hybridized carbons (Fsp3) is 0.500. The van der Waals surface area contributed by atoms with Gasteiger partial charge in [0.2, 0.25) is 0 Å². The molecule has 3 aliphatic rings. The molecule has 0 unspecified atom stereocenters. The van der Waals surface area contributed by atoms with Crippen LogP contribution in [0.25, 0.3) is 0 Å². The van der Waals surface area contributed by atoms with Gasteiger partial charge in [-0.2, -0.15) is 0 Å². The maximum Gasteiger partial charge on any atom is 0.310 e. The average Bonchev–Trinajstić information content (AvgIpc) is 3.18. The number of fused-ring (bicyclic) bond motifs is 1. The van der Waals surface area contributed by atoms with E-state index in [1.807, 2.05) is 19.1 Å². The van der Waals surface area contributed by atoms with E-state index in [0.29, 0.717) is 5.69 Å². The highest BCUT2D eigenvalue weighted by Crippen LogP contribution is 2.57. The normalized spacial score (nSPS) is 31.8. The molecule has 0 radical (unpaired) electrons. The number of halogens is 1. The number of ether oxygens (including phenoxy) is 2. The Kier molecular flexibility index (Phi) is 4.06. The lowest BCUT2D eigenvalue weighted by molar-refractivity contribution is -0.157. The van der Waals surface area contributed by atoms with Crippen molar-refractivity contribution < 1.29 is 23.9 Å². The van der Waals surface area contributed by atoms with Crippen LogP contribution in [-0.2, 0) is 23.9 Å². The molecule has 6 nitrogen and oxygen atoms in total. The largest absolute Gasteiger partial charge is 0.462 e. The van der Waals surface area contributed by atoms with Gasteiger partial charge in [0.05, 0.1) is 11.8 Å². The van der Waals surface area contributed by atoms with Crippen LogP contribution >= 0.6 is 15.9 Å². The summed E-state index contributed by atoms with van der Waals surface area (Å²) in [4.78, 5) is 36.4. The number of carbonyl (C=O) groups is 3. The van der Waals surface area contributed by atoms with Crippen molar-refractivity contribution in [2.24, 2.45) is 23.7 Å². The molecule has 1 aliphatic heterocycles. The maximum absolute atomic E-state index is 12.4. The Hall–Kier alpha value is -1.89. The quantitative estimate of drug-likeness (QED) is 0.775. The Balaban J connectivity index is 1.34. The van der Waals surface area contributed by atoms with Gasteiger partial charge in [-0.3, -0.25) is 14.4 Å². The molecule has 2 bridgehead atoms. The molecule has 4 rings (SSSR count). The Morgan fingerprint density at radius 1 is 1.36 bits per heavy atom. The van der Waals surface area contributed by atoms with E-state index in [1.165, 1.54) is 0 Å². The summed E-state index contributed by atoms with van der Waals surface area (Å²) in [5.74, 6) is -1.70. The van der Waals surface area contributed by atoms with Crippen LogP contribution in [-0.4, -0.2) is 30.6 Å². The number of nitrogens with one attached hydrogen (secondary N) is 1. The minimum absolute atomic E-state index is 0.0181. The summed E-state index contributed by atoms with van der Waals surface area (Å²) in [5, 5.41) is 2.70. The molecule has 2 aliphatic carbocycles. The molecular weight excluding hydrogens is 390 g/mol. The van der Waals surface area contributed by atoms with E-state index in [0.717, 1.165) is 22.9 Å². The van der Waals surface area contributed by atoms with Gasteiger partial charge in [-0.15, -0.1) is 0 Å². The van der Waals surface area contributed by atoms with Gasteiger partial charge in [0.15, 0.2) is 6.61 Å². The number of rotatable bonds is 4. The molecule has 3 fully saturated rings. The van der Waals surface area contributed by atoms with Crippen LogP contribution < -0.4 is 5.32 Å². The number of carbonyl (C=O) groups excluding carboxylic acids is 3. The molecule has 25 heavy (non-hydrogen) atoms. The second kappa shape index (κ2) is 6.12. The molecule has 0 spiro atoms. The fourth-order valence-corrected chi connectivity index (χ4v) is 4.72. The monoisotopic (exact) mass is 407 g/mol. The number of hydrogen-bond acceptors (Lipinski definition) is 5. The summed E-state index contributed by atoms with van der Waals surface area (Å²) in [7, 11) is 0. The molecule has 1 aromatic carbocycles. The van der Waals surface area contributed by atoms with Gasteiger partial charge < -0.3 is 14.8 Å². The van der Waals surface area contributed by atoms with Gasteiger partial charge in [-0.25, -0.2) is 0 Å². The lowest BCUT2D eigenvalue weighted by atomic mass is 9.80. The van der Waals surface area contributed by atoms with Crippen molar-refractivity contribution in [1.82, 2.24) is 0 Å². The van der Waals surface area contributed by atoms with E-state index in [-0.39, 0.29) is 36.4 Å². The maximum atomic E-state index is 12.4. The van der Waals surface area contributed by atoms with E-state index < -0.39 is 17.8 Å². The molecular formula is C18H18BrNO5. The first-order valence-corrected chi connectivity index (χ1v) is 9.16. The lowest BCUT2D eigenvalue weighted by Gasteiger charge is -2.22. The molecule has 1 heterocycles. The summed E-state index contributed by atoms with van der Waals surface area (Å²) >= 11 is 3.40. The molecule has 5 atom stereocenters. The Morgan fingerprint density at radius 3 is 2.92 bits per heavy atom. The molecule has 1 amide bonds. The third kappa shape index (κ3) is 2.84. The Labute approximate surface area is 153 Å². The van der Waals surface area contributed by atoms with Crippen molar-refractivity contribution in [2.45, 2.75) is 25.9 Å². The van der Waals surface area contributed by atoms with Crippen molar-refractivity contribution in [3.8, 4) is 0 Å². The second-order valence-electron chi connectivity index (χ2n) is 7.04. The lowest BCUT2D eigenvalue weighted by Crippen LogP contribution is -2.34. The Morgan fingerprint density at radius 2 is 2.16 bits per heavy atom. The van der Waals surface area contributed by atoms with Gasteiger partial charge in [-0.05, 0) is 49.4 Å². The molecule has 1 aromatic rings. The topological polar surface area (TPSA) is 81.7 Å². The van der Waals surface area contributed by atoms with E-state index in [1.54, 1.807) is 6.07 Å². The van der Waals surface area contributed by atoms with E-state index in [4.69, 9.17) is 9.47 Å². The van der Waals surface area contributed by atoms with Crippen LogP contribution in [0.2, 0.25) is 0 Å². The molecule has 132 valence electrons. The van der Waals surface area contributed by atoms with Crippen LogP contribution in [0.5, 0.6) is 0 Å². The fourth-order valence-electron chi connectivity index (χ4n) is 4.48. The number of aryl methyl sites for hydroxylation is 1. The minimum Gasteiger partial charge on any atom is -0.462 e. The number of benzene rings is 1. The van der Waals surface area contributed by atoms with Crippen LogP contribution in [0.1, 0.15) is 18.4 Å². The van der Waals surface area contributed by atoms with Crippen LogP contribution in [0.3, 0.4) is 0 Å². The van der Waals surface area contributed by atoms with Crippen LogP contribution in [0.15, 0.2) is 22.7 Å². The third-order valence-corrected chi connectivity index (χ3v) is 6.43. The summed E-state index contributed by atoms with van der Waals surface area (Å²) in [6.45, 7) is 1.57. The van der Waals surface area contributed by atoms with E-state index in [9.17, 15) is 14.4 Å². The average molecular weight is 408 g/mol. The van der Waals surface area contributed by atoms with Crippen molar-refractivity contribution in [2.75, 3.05) is 11.9 Å².